The summed E-state index contributed by atoms with van der Waals surface area (Å²) in [5, 5.41) is 8.54. The molecule has 1 rings (SSSR count). The summed E-state index contributed by atoms with van der Waals surface area (Å²) in [4.78, 5) is 10.4. The topological polar surface area (TPSA) is 63.1 Å². The van der Waals surface area contributed by atoms with E-state index in [9.17, 15) is 4.79 Å². The van der Waals surface area contributed by atoms with Crippen molar-refractivity contribution >= 4 is 17.7 Å². The second-order valence-electron chi connectivity index (χ2n) is 2.34. The van der Waals surface area contributed by atoms with Crippen LogP contribution in [-0.2, 0) is 11.2 Å². The molecule has 0 aromatic carbocycles. The van der Waals surface area contributed by atoms with Gasteiger partial charge in [0, 0.05) is 6.42 Å². The number of nitrogens with zero attached hydrogens (tertiary/aromatic N) is 2. The molecule has 5 heteroatoms. The minimum absolute atomic E-state index is 0.376. The van der Waals surface area contributed by atoms with Gasteiger partial charge in [-0.25, -0.2) is 0 Å². The lowest BCUT2D eigenvalue weighted by molar-refractivity contribution is -0.141. The first kappa shape index (κ1) is 8.13. The molecule has 4 nitrogen and oxygen atoms in total. The molecule has 0 saturated heterocycles. The zero-order chi connectivity index (χ0) is 8.27. The summed E-state index contributed by atoms with van der Waals surface area (Å²) >= 11 is 1.10. The van der Waals surface area contributed by atoms with Crippen LogP contribution in [0.5, 0.6) is 0 Å². The van der Waals surface area contributed by atoms with Crippen LogP contribution >= 0.6 is 11.7 Å². The molecule has 0 aliphatic carbocycles. The van der Waals surface area contributed by atoms with E-state index in [4.69, 9.17) is 5.11 Å². The molecule has 1 atom stereocenters. The van der Waals surface area contributed by atoms with Gasteiger partial charge in [0.05, 0.1) is 29.5 Å². The van der Waals surface area contributed by atoms with E-state index in [1.54, 1.807) is 13.1 Å². The van der Waals surface area contributed by atoms with Crippen molar-refractivity contribution in [3.8, 4) is 0 Å². The highest BCUT2D eigenvalue weighted by atomic mass is 32.1. The van der Waals surface area contributed by atoms with Gasteiger partial charge in [-0.1, -0.05) is 6.92 Å². The maximum atomic E-state index is 10.4. The summed E-state index contributed by atoms with van der Waals surface area (Å²) in [5.41, 5.74) is 0.755. The molecule has 60 valence electrons. The Labute approximate surface area is 68.2 Å². The van der Waals surface area contributed by atoms with Gasteiger partial charge in [0.1, 0.15) is 0 Å². The first-order chi connectivity index (χ1) is 5.20. The third kappa shape index (κ3) is 2.27. The maximum absolute atomic E-state index is 10.4. The van der Waals surface area contributed by atoms with E-state index in [1.165, 1.54) is 0 Å². The quantitative estimate of drug-likeness (QED) is 0.732. The second kappa shape index (κ2) is 3.43. The van der Waals surface area contributed by atoms with Gasteiger partial charge in [-0.3, -0.25) is 4.79 Å². The number of carbonyl (C=O) groups is 1. The monoisotopic (exact) mass is 172 g/mol. The second-order valence-corrected chi connectivity index (χ2v) is 2.90. The Morgan fingerprint density at radius 1 is 1.91 bits per heavy atom. The number of rotatable bonds is 3. The molecule has 0 spiro atoms. The van der Waals surface area contributed by atoms with Crippen molar-refractivity contribution in [1.82, 2.24) is 8.75 Å². The van der Waals surface area contributed by atoms with Gasteiger partial charge >= 0.3 is 5.97 Å². The molecule has 1 unspecified atom stereocenters. The Hall–Kier alpha value is -0.970. The lowest BCUT2D eigenvalue weighted by Gasteiger charge is -2.00. The number of carboxylic acids is 1. The van der Waals surface area contributed by atoms with Crippen molar-refractivity contribution in [2.75, 3.05) is 0 Å². The summed E-state index contributed by atoms with van der Waals surface area (Å²) in [6.45, 7) is 1.65. The standard InChI is InChI=1S/C6H8N2O2S/c1-4(6(9)10)2-5-3-7-11-8-5/h3-4H,2H2,1H3,(H,9,10). The van der Waals surface area contributed by atoms with Gasteiger partial charge in [0.15, 0.2) is 0 Å². The third-order valence-corrected chi connectivity index (χ3v) is 1.86. The van der Waals surface area contributed by atoms with Crippen LogP contribution in [0.3, 0.4) is 0 Å². The first-order valence-electron chi connectivity index (χ1n) is 3.19. The smallest absolute Gasteiger partial charge is 0.306 e. The lowest BCUT2D eigenvalue weighted by Crippen LogP contribution is -2.12. The van der Waals surface area contributed by atoms with Crippen molar-refractivity contribution in [2.24, 2.45) is 5.92 Å². The van der Waals surface area contributed by atoms with E-state index >= 15 is 0 Å². The number of carboxylic acid groups (broad SMARTS) is 1. The van der Waals surface area contributed by atoms with Crippen LogP contribution in [-0.4, -0.2) is 19.8 Å². The molecule has 0 amide bonds. The molecule has 1 aromatic heterocycles. The highest BCUT2D eigenvalue weighted by Gasteiger charge is 2.12. The number of aromatic nitrogens is 2. The molecular formula is C6H8N2O2S. The van der Waals surface area contributed by atoms with Crippen molar-refractivity contribution in [1.29, 1.82) is 0 Å². The van der Waals surface area contributed by atoms with Gasteiger partial charge in [0.2, 0.25) is 0 Å². The molecular weight excluding hydrogens is 164 g/mol. The lowest BCUT2D eigenvalue weighted by atomic mass is 10.1. The fourth-order valence-electron chi connectivity index (χ4n) is 0.675. The number of aliphatic carboxylic acids is 1. The van der Waals surface area contributed by atoms with Crippen LogP contribution in [0, 0.1) is 5.92 Å². The molecule has 0 aliphatic rings. The van der Waals surface area contributed by atoms with Crippen LogP contribution in [0.4, 0.5) is 0 Å². The van der Waals surface area contributed by atoms with E-state index < -0.39 is 5.97 Å². The molecule has 11 heavy (non-hydrogen) atoms. The fourth-order valence-corrected chi connectivity index (χ4v) is 1.12. The molecule has 1 aromatic rings. The van der Waals surface area contributed by atoms with Crippen molar-refractivity contribution in [3.05, 3.63) is 11.9 Å². The number of hydrogen-bond acceptors (Lipinski definition) is 4. The largest absolute Gasteiger partial charge is 0.481 e. The predicted molar refractivity (Wildman–Crippen MR) is 40.4 cm³/mol. The van der Waals surface area contributed by atoms with E-state index in [2.05, 4.69) is 8.75 Å². The van der Waals surface area contributed by atoms with Crippen LogP contribution in [0.1, 0.15) is 12.6 Å². The highest BCUT2D eigenvalue weighted by Crippen LogP contribution is 2.05. The molecule has 0 saturated carbocycles. The summed E-state index contributed by atoms with van der Waals surface area (Å²) in [7, 11) is 0. The molecule has 0 aliphatic heterocycles. The van der Waals surface area contributed by atoms with Gasteiger partial charge in [0.25, 0.3) is 0 Å². The van der Waals surface area contributed by atoms with Crippen LogP contribution in [0.2, 0.25) is 0 Å². The van der Waals surface area contributed by atoms with Gasteiger partial charge in [-0.2, -0.15) is 8.75 Å². The Morgan fingerprint density at radius 2 is 2.64 bits per heavy atom. The maximum Gasteiger partial charge on any atom is 0.306 e. The first-order valence-corrected chi connectivity index (χ1v) is 3.92. The van der Waals surface area contributed by atoms with E-state index in [0.29, 0.717) is 6.42 Å². The fraction of sp³-hybridized carbons (Fsp3) is 0.500. The Balaban J connectivity index is 2.50. The average molecular weight is 172 g/mol. The summed E-state index contributed by atoms with van der Waals surface area (Å²) < 4.78 is 7.68. The average Bonchev–Trinajstić information content (AvgIpc) is 2.39. The highest BCUT2D eigenvalue weighted by molar-refractivity contribution is 6.99. The zero-order valence-corrected chi connectivity index (χ0v) is 6.84. The van der Waals surface area contributed by atoms with Crippen LogP contribution < -0.4 is 0 Å². The predicted octanol–water partition coefficient (Wildman–Crippen LogP) is 0.801. The van der Waals surface area contributed by atoms with Gasteiger partial charge in [-0.15, -0.1) is 0 Å². The molecule has 1 N–H and O–H groups in total. The van der Waals surface area contributed by atoms with E-state index in [0.717, 1.165) is 17.4 Å². The Morgan fingerprint density at radius 3 is 3.09 bits per heavy atom. The van der Waals surface area contributed by atoms with Crippen molar-refractivity contribution in [2.45, 2.75) is 13.3 Å². The summed E-state index contributed by atoms with van der Waals surface area (Å²) in [5.74, 6) is -1.17. The van der Waals surface area contributed by atoms with Crippen molar-refractivity contribution < 1.29 is 9.90 Å². The van der Waals surface area contributed by atoms with Crippen LogP contribution in [0.25, 0.3) is 0 Å². The normalized spacial score (nSPS) is 12.8. The molecule has 1 heterocycles. The van der Waals surface area contributed by atoms with E-state index in [-0.39, 0.29) is 5.92 Å². The Kier molecular flexibility index (Phi) is 2.53. The van der Waals surface area contributed by atoms with Gasteiger partial charge in [-0.05, 0) is 0 Å². The molecule has 0 radical (unpaired) electrons. The zero-order valence-electron chi connectivity index (χ0n) is 6.02. The minimum Gasteiger partial charge on any atom is -0.481 e. The van der Waals surface area contributed by atoms with E-state index in [1.807, 2.05) is 0 Å². The summed E-state index contributed by atoms with van der Waals surface area (Å²) in [6, 6.07) is 0. The summed E-state index contributed by atoms with van der Waals surface area (Å²) in [6.07, 6.45) is 2.07. The SMILES string of the molecule is CC(Cc1cnsn1)C(=O)O. The molecule has 0 fully saturated rings. The van der Waals surface area contributed by atoms with Crippen LogP contribution in [0.15, 0.2) is 6.20 Å². The molecule has 0 bridgehead atoms. The third-order valence-electron chi connectivity index (χ3n) is 1.34. The van der Waals surface area contributed by atoms with Gasteiger partial charge < -0.3 is 5.11 Å². The van der Waals surface area contributed by atoms with Crippen molar-refractivity contribution in [3.63, 3.8) is 0 Å². The Bertz CT molecular complexity index is 235. The minimum atomic E-state index is -0.794. The number of hydrogen-bond donors (Lipinski definition) is 1.